The molecular formula is C14H14FNO2S. The molecule has 0 bridgehead atoms. The zero-order chi connectivity index (χ0) is 13.9. The van der Waals surface area contributed by atoms with E-state index in [1.165, 1.54) is 23.5 Å². The molecule has 100 valence electrons. The van der Waals surface area contributed by atoms with Crippen LogP contribution in [-0.4, -0.2) is 19.8 Å². The molecule has 0 saturated carbocycles. The summed E-state index contributed by atoms with van der Waals surface area (Å²) in [5.41, 5.74) is 0.739. The monoisotopic (exact) mass is 279 g/mol. The fourth-order valence-corrected chi connectivity index (χ4v) is 2.88. The standard InChI is InChI=1S/C14H14FNO2S/c1-16(11-12-7-9-13(15)10-8-12)19(17,18)14-5-3-2-4-6-14/h2-10H,11H2,1H3. The summed E-state index contributed by atoms with van der Waals surface area (Å²) in [6.45, 7) is 0.206. The van der Waals surface area contributed by atoms with Crippen LogP contribution in [-0.2, 0) is 16.6 Å². The van der Waals surface area contributed by atoms with Crippen LogP contribution in [0.4, 0.5) is 4.39 Å². The van der Waals surface area contributed by atoms with Gasteiger partial charge in [0.05, 0.1) is 4.90 Å². The maximum Gasteiger partial charge on any atom is 0.243 e. The topological polar surface area (TPSA) is 37.4 Å². The molecule has 0 aliphatic heterocycles. The summed E-state index contributed by atoms with van der Waals surface area (Å²) in [7, 11) is -2.00. The highest BCUT2D eigenvalue weighted by Crippen LogP contribution is 2.16. The van der Waals surface area contributed by atoms with Crippen molar-refractivity contribution in [2.24, 2.45) is 0 Å². The van der Waals surface area contributed by atoms with Crippen LogP contribution >= 0.6 is 0 Å². The van der Waals surface area contributed by atoms with Crippen molar-refractivity contribution >= 4 is 10.0 Å². The summed E-state index contributed by atoms with van der Waals surface area (Å²) >= 11 is 0. The molecule has 0 fully saturated rings. The Morgan fingerprint density at radius 1 is 1.00 bits per heavy atom. The van der Waals surface area contributed by atoms with E-state index in [1.807, 2.05) is 0 Å². The second kappa shape index (κ2) is 5.50. The van der Waals surface area contributed by atoms with E-state index in [2.05, 4.69) is 0 Å². The van der Waals surface area contributed by atoms with Gasteiger partial charge in [-0.15, -0.1) is 0 Å². The molecule has 0 unspecified atom stereocenters. The van der Waals surface area contributed by atoms with Crippen LogP contribution in [0.5, 0.6) is 0 Å². The third-order valence-corrected chi connectivity index (χ3v) is 4.59. The number of rotatable bonds is 4. The fraction of sp³-hybridized carbons (Fsp3) is 0.143. The fourth-order valence-electron chi connectivity index (χ4n) is 1.70. The van der Waals surface area contributed by atoms with E-state index in [9.17, 15) is 12.8 Å². The van der Waals surface area contributed by atoms with Crippen LogP contribution in [0.15, 0.2) is 59.5 Å². The highest BCUT2D eigenvalue weighted by atomic mass is 32.2. The van der Waals surface area contributed by atoms with Gasteiger partial charge in [-0.1, -0.05) is 30.3 Å². The molecule has 0 N–H and O–H groups in total. The molecule has 3 nitrogen and oxygen atoms in total. The molecule has 19 heavy (non-hydrogen) atoms. The first-order valence-corrected chi connectivity index (χ1v) is 7.20. The minimum Gasteiger partial charge on any atom is -0.207 e. The number of benzene rings is 2. The Hall–Kier alpha value is -1.72. The molecule has 0 amide bonds. The number of halogens is 1. The summed E-state index contributed by atoms with van der Waals surface area (Å²) in [6.07, 6.45) is 0. The molecule has 0 aliphatic carbocycles. The first kappa shape index (κ1) is 13.7. The van der Waals surface area contributed by atoms with Crippen LogP contribution in [0.25, 0.3) is 0 Å². The van der Waals surface area contributed by atoms with Gasteiger partial charge < -0.3 is 0 Å². The van der Waals surface area contributed by atoms with Gasteiger partial charge in [-0.2, -0.15) is 4.31 Å². The Kier molecular flexibility index (Phi) is 3.97. The Bertz CT molecular complexity index is 639. The van der Waals surface area contributed by atoms with Gasteiger partial charge in [-0.25, -0.2) is 12.8 Å². The van der Waals surface area contributed by atoms with Crippen LogP contribution in [0.2, 0.25) is 0 Å². The minimum atomic E-state index is -3.51. The third-order valence-electron chi connectivity index (χ3n) is 2.77. The highest BCUT2D eigenvalue weighted by molar-refractivity contribution is 7.89. The Labute approximate surface area is 112 Å². The normalized spacial score (nSPS) is 11.7. The van der Waals surface area contributed by atoms with E-state index < -0.39 is 10.0 Å². The van der Waals surface area contributed by atoms with Gasteiger partial charge >= 0.3 is 0 Å². The van der Waals surface area contributed by atoms with Crippen LogP contribution in [0, 0.1) is 5.82 Å². The second-order valence-corrected chi connectivity index (χ2v) is 6.25. The second-order valence-electron chi connectivity index (χ2n) is 4.20. The zero-order valence-corrected chi connectivity index (χ0v) is 11.3. The van der Waals surface area contributed by atoms with Crippen molar-refractivity contribution < 1.29 is 12.8 Å². The summed E-state index contributed by atoms with van der Waals surface area (Å²) < 4.78 is 38.5. The lowest BCUT2D eigenvalue weighted by Crippen LogP contribution is -2.26. The van der Waals surface area contributed by atoms with E-state index in [-0.39, 0.29) is 17.3 Å². The zero-order valence-electron chi connectivity index (χ0n) is 10.5. The quantitative estimate of drug-likeness (QED) is 0.863. The Morgan fingerprint density at radius 3 is 2.16 bits per heavy atom. The van der Waals surface area contributed by atoms with Gasteiger partial charge in [0, 0.05) is 13.6 Å². The van der Waals surface area contributed by atoms with Crippen molar-refractivity contribution in [1.29, 1.82) is 0 Å². The van der Waals surface area contributed by atoms with Crippen molar-refractivity contribution in [2.45, 2.75) is 11.4 Å². The van der Waals surface area contributed by atoms with Gasteiger partial charge in [0.15, 0.2) is 0 Å². The minimum absolute atomic E-state index is 0.206. The van der Waals surface area contributed by atoms with E-state index in [1.54, 1.807) is 42.5 Å². The van der Waals surface area contributed by atoms with E-state index in [4.69, 9.17) is 0 Å². The van der Waals surface area contributed by atoms with Crippen molar-refractivity contribution in [3.05, 3.63) is 66.0 Å². The smallest absolute Gasteiger partial charge is 0.207 e. The Balaban J connectivity index is 2.20. The van der Waals surface area contributed by atoms with Crippen molar-refractivity contribution in [1.82, 2.24) is 4.31 Å². The summed E-state index contributed by atoms with van der Waals surface area (Å²) in [5.74, 6) is -0.336. The average molecular weight is 279 g/mol. The predicted molar refractivity (Wildman–Crippen MR) is 71.5 cm³/mol. The molecule has 0 atom stereocenters. The van der Waals surface area contributed by atoms with Crippen LogP contribution < -0.4 is 0 Å². The molecule has 5 heteroatoms. The molecule has 2 aromatic carbocycles. The van der Waals surface area contributed by atoms with Gasteiger partial charge in [0.1, 0.15) is 5.82 Å². The SMILES string of the molecule is CN(Cc1ccc(F)cc1)S(=O)(=O)c1ccccc1. The van der Waals surface area contributed by atoms with Gasteiger partial charge in [0.2, 0.25) is 10.0 Å². The molecule has 0 heterocycles. The number of nitrogens with zero attached hydrogens (tertiary/aromatic N) is 1. The van der Waals surface area contributed by atoms with E-state index in [0.29, 0.717) is 0 Å². The lowest BCUT2D eigenvalue weighted by atomic mass is 10.2. The average Bonchev–Trinajstić information content (AvgIpc) is 2.42. The first-order chi connectivity index (χ1) is 9.00. The number of hydrogen-bond acceptors (Lipinski definition) is 2. The van der Waals surface area contributed by atoms with Crippen molar-refractivity contribution in [3.63, 3.8) is 0 Å². The lowest BCUT2D eigenvalue weighted by molar-refractivity contribution is 0.466. The number of hydrogen-bond donors (Lipinski definition) is 0. The van der Waals surface area contributed by atoms with Gasteiger partial charge in [0.25, 0.3) is 0 Å². The molecule has 2 aromatic rings. The molecular weight excluding hydrogens is 265 g/mol. The maximum absolute atomic E-state index is 12.8. The van der Waals surface area contributed by atoms with Crippen LogP contribution in [0.3, 0.4) is 0 Å². The number of sulfonamides is 1. The maximum atomic E-state index is 12.8. The van der Waals surface area contributed by atoms with Crippen molar-refractivity contribution in [2.75, 3.05) is 7.05 Å². The molecule has 0 aliphatic rings. The molecule has 0 aromatic heterocycles. The molecule has 0 spiro atoms. The Morgan fingerprint density at radius 2 is 1.58 bits per heavy atom. The first-order valence-electron chi connectivity index (χ1n) is 5.76. The summed E-state index contributed by atoms with van der Waals surface area (Å²) in [4.78, 5) is 0.250. The van der Waals surface area contributed by atoms with Crippen molar-refractivity contribution in [3.8, 4) is 0 Å². The van der Waals surface area contributed by atoms with Gasteiger partial charge in [-0.3, -0.25) is 0 Å². The van der Waals surface area contributed by atoms with E-state index in [0.717, 1.165) is 5.56 Å². The largest absolute Gasteiger partial charge is 0.243 e. The third kappa shape index (κ3) is 3.19. The highest BCUT2D eigenvalue weighted by Gasteiger charge is 2.20. The van der Waals surface area contributed by atoms with E-state index >= 15 is 0 Å². The lowest BCUT2D eigenvalue weighted by Gasteiger charge is -2.17. The molecule has 0 saturated heterocycles. The molecule has 2 rings (SSSR count). The van der Waals surface area contributed by atoms with Gasteiger partial charge in [-0.05, 0) is 29.8 Å². The summed E-state index contributed by atoms with van der Waals surface area (Å²) in [6, 6.07) is 14.0. The molecule has 0 radical (unpaired) electrons. The van der Waals surface area contributed by atoms with Crippen LogP contribution in [0.1, 0.15) is 5.56 Å². The predicted octanol–water partition coefficient (Wildman–Crippen LogP) is 2.65. The summed E-state index contributed by atoms with van der Waals surface area (Å²) in [5, 5.41) is 0.